The van der Waals surface area contributed by atoms with Gasteiger partial charge in [0.1, 0.15) is 17.4 Å². The molecular formula is C19H23N3O4S. The number of nitriles is 1. The van der Waals surface area contributed by atoms with Crippen LogP contribution in [0, 0.1) is 16.1 Å². The fourth-order valence-electron chi connectivity index (χ4n) is 2.29. The zero-order valence-electron chi connectivity index (χ0n) is 15.6. The zero-order valence-corrected chi connectivity index (χ0v) is 16.4. The Hall–Kier alpha value is -2.92. The molecule has 0 saturated heterocycles. The van der Waals surface area contributed by atoms with E-state index in [4.69, 9.17) is 27.0 Å². The lowest BCUT2D eigenvalue weighted by molar-refractivity contribution is -0.145. The monoisotopic (exact) mass is 389 g/mol. The lowest BCUT2D eigenvalue weighted by Gasteiger charge is -2.11. The first-order valence-electron chi connectivity index (χ1n) is 8.67. The molecule has 2 rings (SSSR count). The lowest BCUT2D eigenvalue weighted by atomic mass is 10.0. The van der Waals surface area contributed by atoms with Gasteiger partial charge in [0, 0.05) is 5.69 Å². The van der Waals surface area contributed by atoms with Crippen LogP contribution in [0.1, 0.15) is 37.6 Å². The number of aromatic nitrogens is 2. The Kier molecular flexibility index (Phi) is 9.54. The minimum absolute atomic E-state index is 0.0125. The van der Waals surface area contributed by atoms with Gasteiger partial charge in [0.25, 0.3) is 5.56 Å². The highest BCUT2D eigenvalue weighted by molar-refractivity contribution is 7.71. The molecule has 0 amide bonds. The second-order valence-corrected chi connectivity index (χ2v) is 5.48. The van der Waals surface area contributed by atoms with Crippen molar-refractivity contribution in [2.75, 3.05) is 13.2 Å². The average Bonchev–Trinajstić information content (AvgIpc) is 2.67. The first-order valence-corrected chi connectivity index (χ1v) is 9.07. The van der Waals surface area contributed by atoms with Crippen molar-refractivity contribution in [3.8, 4) is 11.8 Å². The van der Waals surface area contributed by atoms with Crippen LogP contribution in [0.2, 0.25) is 0 Å². The summed E-state index contributed by atoms with van der Waals surface area (Å²) in [5.74, 6) is 0.111. The van der Waals surface area contributed by atoms with Crippen molar-refractivity contribution in [3.63, 3.8) is 0 Å². The van der Waals surface area contributed by atoms with Gasteiger partial charge in [-0.3, -0.25) is 9.78 Å². The Morgan fingerprint density at radius 3 is 2.59 bits per heavy atom. The molecule has 0 aliphatic carbocycles. The lowest BCUT2D eigenvalue weighted by Crippen LogP contribution is -2.17. The van der Waals surface area contributed by atoms with E-state index in [1.165, 1.54) is 0 Å². The van der Waals surface area contributed by atoms with Crippen LogP contribution in [0.15, 0.2) is 29.1 Å². The van der Waals surface area contributed by atoms with Crippen LogP contribution in [0.5, 0.6) is 5.75 Å². The average molecular weight is 389 g/mol. The third kappa shape index (κ3) is 6.72. The molecule has 8 heteroatoms. The van der Waals surface area contributed by atoms with Gasteiger partial charge in [0.05, 0.1) is 6.61 Å². The molecule has 0 aliphatic rings. The molecule has 0 spiro atoms. The quantitative estimate of drug-likeness (QED) is 0.557. The second kappa shape index (κ2) is 11.6. The molecule has 0 unspecified atom stereocenters. The van der Waals surface area contributed by atoms with Crippen molar-refractivity contribution >= 4 is 18.2 Å². The number of nitrogens with zero attached hydrogens (tertiary/aromatic N) is 1. The van der Waals surface area contributed by atoms with E-state index in [0.717, 1.165) is 5.56 Å². The molecule has 0 saturated carbocycles. The van der Waals surface area contributed by atoms with Gasteiger partial charge in [-0.2, -0.15) is 5.26 Å². The van der Waals surface area contributed by atoms with Crippen molar-refractivity contribution in [1.82, 2.24) is 9.97 Å². The molecule has 144 valence electrons. The molecule has 1 aromatic heterocycles. The zero-order chi connectivity index (χ0) is 20.2. The molecule has 27 heavy (non-hydrogen) atoms. The van der Waals surface area contributed by atoms with E-state index in [0.29, 0.717) is 30.9 Å². The fourth-order valence-corrected chi connectivity index (χ4v) is 2.51. The summed E-state index contributed by atoms with van der Waals surface area (Å²) in [6.07, 6.45) is 0.901. The number of hydrogen-bond donors (Lipinski definition) is 2. The number of aromatic amines is 2. The third-order valence-electron chi connectivity index (χ3n) is 3.40. The molecule has 2 aromatic rings. The van der Waals surface area contributed by atoms with E-state index in [1.807, 2.05) is 32.0 Å². The van der Waals surface area contributed by atoms with Gasteiger partial charge >= 0.3 is 5.97 Å². The van der Waals surface area contributed by atoms with Crippen molar-refractivity contribution in [3.05, 3.63) is 56.2 Å². The summed E-state index contributed by atoms with van der Waals surface area (Å²) in [4.78, 5) is 28.4. The molecule has 0 atom stereocenters. The summed E-state index contributed by atoms with van der Waals surface area (Å²) in [6, 6.07) is 9.13. The number of para-hydroxylation sites is 1. The van der Waals surface area contributed by atoms with Gasteiger partial charge in [-0.25, -0.2) is 4.79 Å². The van der Waals surface area contributed by atoms with E-state index >= 15 is 0 Å². The minimum atomic E-state index is -0.506. The summed E-state index contributed by atoms with van der Waals surface area (Å²) in [7, 11) is 0. The SMILES string of the molecule is CC.CCOC(=O)COc1ccccc1CCc1[nH]c(=S)[nH]c(=O)c1C#N. The highest BCUT2D eigenvalue weighted by Gasteiger charge is 2.11. The van der Waals surface area contributed by atoms with Gasteiger partial charge < -0.3 is 14.5 Å². The van der Waals surface area contributed by atoms with E-state index in [9.17, 15) is 9.59 Å². The van der Waals surface area contributed by atoms with E-state index in [1.54, 1.807) is 19.1 Å². The van der Waals surface area contributed by atoms with Crippen LogP contribution in [-0.2, 0) is 22.4 Å². The smallest absolute Gasteiger partial charge is 0.344 e. The molecule has 0 aliphatic heterocycles. The van der Waals surface area contributed by atoms with Gasteiger partial charge in [-0.15, -0.1) is 0 Å². The molecule has 0 bridgehead atoms. The Morgan fingerprint density at radius 2 is 1.93 bits per heavy atom. The Balaban J connectivity index is 0.00000176. The summed E-state index contributed by atoms with van der Waals surface area (Å²) in [5.41, 5.74) is 0.818. The number of H-pyrrole nitrogens is 2. The Bertz CT molecular complexity index is 912. The van der Waals surface area contributed by atoms with Crippen LogP contribution in [0.4, 0.5) is 0 Å². The highest BCUT2D eigenvalue weighted by Crippen LogP contribution is 2.20. The normalized spacial score (nSPS) is 9.56. The fraction of sp³-hybridized carbons (Fsp3) is 0.368. The number of esters is 1. The minimum Gasteiger partial charge on any atom is -0.482 e. The van der Waals surface area contributed by atoms with Gasteiger partial charge in [-0.1, -0.05) is 32.0 Å². The van der Waals surface area contributed by atoms with Gasteiger partial charge in [0.15, 0.2) is 11.4 Å². The van der Waals surface area contributed by atoms with E-state index in [2.05, 4.69) is 9.97 Å². The largest absolute Gasteiger partial charge is 0.482 e. The Morgan fingerprint density at radius 1 is 1.22 bits per heavy atom. The van der Waals surface area contributed by atoms with Crippen LogP contribution < -0.4 is 10.3 Å². The van der Waals surface area contributed by atoms with Crippen LogP contribution >= 0.6 is 12.2 Å². The standard InChI is InChI=1S/C17H17N3O4S.C2H6/c1-2-23-15(21)10-24-14-6-4-3-5-11(14)7-8-13-12(9-18)16(22)20-17(25)19-13;1-2/h3-6H,2,7-8,10H2,1H3,(H2,19,20,22,25);1-2H3. The first kappa shape index (κ1) is 22.1. The first-order chi connectivity index (χ1) is 13.0. The number of ether oxygens (including phenoxy) is 2. The van der Waals surface area contributed by atoms with Crippen molar-refractivity contribution in [2.45, 2.75) is 33.6 Å². The number of benzene rings is 1. The van der Waals surface area contributed by atoms with Crippen molar-refractivity contribution < 1.29 is 14.3 Å². The van der Waals surface area contributed by atoms with E-state index in [-0.39, 0.29) is 16.9 Å². The maximum absolute atomic E-state index is 11.8. The number of rotatable bonds is 7. The van der Waals surface area contributed by atoms with Gasteiger partial charge in [0.2, 0.25) is 0 Å². The molecule has 7 nitrogen and oxygen atoms in total. The maximum atomic E-state index is 11.8. The molecule has 2 N–H and O–H groups in total. The number of nitrogens with one attached hydrogen (secondary N) is 2. The maximum Gasteiger partial charge on any atom is 0.344 e. The summed E-state index contributed by atoms with van der Waals surface area (Å²) >= 11 is 4.95. The molecule has 0 radical (unpaired) electrons. The number of carbonyl (C=O) groups excluding carboxylic acids is 1. The van der Waals surface area contributed by atoms with Crippen LogP contribution in [0.25, 0.3) is 0 Å². The Labute approximate surface area is 163 Å². The molecule has 1 aromatic carbocycles. The van der Waals surface area contributed by atoms with E-state index < -0.39 is 11.5 Å². The summed E-state index contributed by atoms with van der Waals surface area (Å²) in [5, 5.41) is 9.14. The topological polar surface area (TPSA) is 108 Å². The second-order valence-electron chi connectivity index (χ2n) is 5.08. The summed E-state index contributed by atoms with van der Waals surface area (Å²) < 4.78 is 10.5. The van der Waals surface area contributed by atoms with Crippen LogP contribution in [0.3, 0.4) is 0 Å². The summed E-state index contributed by atoms with van der Waals surface area (Å²) in [6.45, 7) is 5.84. The number of carbonyl (C=O) groups is 1. The third-order valence-corrected chi connectivity index (χ3v) is 3.60. The van der Waals surface area contributed by atoms with Crippen LogP contribution in [-0.4, -0.2) is 29.2 Å². The molecular weight excluding hydrogens is 366 g/mol. The van der Waals surface area contributed by atoms with Crippen molar-refractivity contribution in [1.29, 1.82) is 5.26 Å². The highest BCUT2D eigenvalue weighted by atomic mass is 32.1. The molecule has 0 fully saturated rings. The molecule has 1 heterocycles. The van der Waals surface area contributed by atoms with Gasteiger partial charge in [-0.05, 0) is 43.6 Å². The predicted octanol–water partition coefficient (Wildman–Crippen LogP) is 3.06. The number of aryl methyl sites for hydroxylation is 2. The predicted molar refractivity (Wildman–Crippen MR) is 104 cm³/mol. The number of hydrogen-bond acceptors (Lipinski definition) is 6. The van der Waals surface area contributed by atoms with Crippen molar-refractivity contribution in [2.24, 2.45) is 0 Å².